The monoisotopic (exact) mass is 228 g/mol. The number of aryl methyl sites for hydroxylation is 1. The highest BCUT2D eigenvalue weighted by molar-refractivity contribution is 5.85. The van der Waals surface area contributed by atoms with E-state index in [1.54, 1.807) is 10.7 Å². The van der Waals surface area contributed by atoms with E-state index in [-0.39, 0.29) is 11.6 Å². The van der Waals surface area contributed by atoms with Crippen LogP contribution in [-0.4, -0.2) is 20.9 Å². The lowest BCUT2D eigenvalue weighted by Gasteiger charge is -2.08. The SMILES string of the molecule is O=C(O)c1cc2n(n1)CC[C@@H]2c1ccccc1. The lowest BCUT2D eigenvalue weighted by atomic mass is 9.95. The smallest absolute Gasteiger partial charge is 0.356 e. The van der Waals surface area contributed by atoms with E-state index in [9.17, 15) is 4.79 Å². The molecule has 17 heavy (non-hydrogen) atoms. The summed E-state index contributed by atoms with van der Waals surface area (Å²) < 4.78 is 1.81. The molecule has 0 saturated carbocycles. The van der Waals surface area contributed by atoms with E-state index in [2.05, 4.69) is 17.2 Å². The van der Waals surface area contributed by atoms with Gasteiger partial charge in [-0.2, -0.15) is 5.10 Å². The molecular formula is C13H12N2O2. The van der Waals surface area contributed by atoms with Gasteiger partial charge in [0.2, 0.25) is 0 Å². The van der Waals surface area contributed by atoms with Crippen LogP contribution in [0.2, 0.25) is 0 Å². The number of carboxylic acids is 1. The zero-order valence-electron chi connectivity index (χ0n) is 9.21. The van der Waals surface area contributed by atoms with Gasteiger partial charge in [0.1, 0.15) is 0 Å². The van der Waals surface area contributed by atoms with Gasteiger partial charge < -0.3 is 5.11 Å². The predicted molar refractivity (Wildman–Crippen MR) is 62.1 cm³/mol. The number of hydrogen-bond donors (Lipinski definition) is 1. The summed E-state index contributed by atoms with van der Waals surface area (Å²) in [4.78, 5) is 10.9. The van der Waals surface area contributed by atoms with Crippen LogP contribution in [0.25, 0.3) is 0 Å². The van der Waals surface area contributed by atoms with E-state index < -0.39 is 5.97 Å². The molecule has 1 aliphatic heterocycles. The molecule has 0 fully saturated rings. The third-order valence-corrected chi connectivity index (χ3v) is 3.22. The Morgan fingerprint density at radius 2 is 2.12 bits per heavy atom. The number of nitrogens with zero attached hydrogens (tertiary/aromatic N) is 2. The van der Waals surface area contributed by atoms with Crippen LogP contribution >= 0.6 is 0 Å². The number of aromatic nitrogens is 2. The normalized spacial score (nSPS) is 18.0. The minimum Gasteiger partial charge on any atom is -0.476 e. The Hall–Kier alpha value is -2.10. The standard InChI is InChI=1S/C13H12N2O2/c16-13(17)11-8-12-10(6-7-15(12)14-11)9-4-2-1-3-5-9/h1-5,8,10H,6-7H2,(H,16,17)/t10-/m1/s1. The Kier molecular flexibility index (Phi) is 2.21. The van der Waals surface area contributed by atoms with Gasteiger partial charge in [-0.15, -0.1) is 0 Å². The van der Waals surface area contributed by atoms with Gasteiger partial charge in [0.05, 0.1) is 0 Å². The summed E-state index contributed by atoms with van der Waals surface area (Å²) in [6, 6.07) is 11.8. The Morgan fingerprint density at radius 1 is 1.35 bits per heavy atom. The van der Waals surface area contributed by atoms with Gasteiger partial charge in [-0.25, -0.2) is 4.79 Å². The maximum Gasteiger partial charge on any atom is 0.356 e. The third-order valence-electron chi connectivity index (χ3n) is 3.22. The van der Waals surface area contributed by atoms with Gasteiger partial charge in [-0.05, 0) is 18.1 Å². The molecule has 1 N–H and O–H groups in total. The molecule has 1 atom stereocenters. The summed E-state index contributed by atoms with van der Waals surface area (Å²) in [6.45, 7) is 0.794. The van der Waals surface area contributed by atoms with Crippen LogP contribution in [-0.2, 0) is 6.54 Å². The van der Waals surface area contributed by atoms with Crippen molar-refractivity contribution in [3.05, 3.63) is 53.3 Å². The van der Waals surface area contributed by atoms with Gasteiger partial charge in [-0.1, -0.05) is 30.3 Å². The lowest BCUT2D eigenvalue weighted by Crippen LogP contribution is -2.00. The molecule has 1 aliphatic rings. The Bertz CT molecular complexity index is 560. The maximum atomic E-state index is 10.9. The van der Waals surface area contributed by atoms with Crippen LogP contribution in [0.4, 0.5) is 0 Å². The van der Waals surface area contributed by atoms with Crippen molar-refractivity contribution in [2.75, 3.05) is 0 Å². The Morgan fingerprint density at radius 3 is 2.82 bits per heavy atom. The molecule has 0 spiro atoms. The molecule has 0 bridgehead atoms. The van der Waals surface area contributed by atoms with Gasteiger partial charge >= 0.3 is 5.97 Å². The van der Waals surface area contributed by atoms with E-state index in [0.717, 1.165) is 18.7 Å². The Balaban J connectivity index is 2.01. The number of rotatable bonds is 2. The molecule has 86 valence electrons. The van der Waals surface area contributed by atoms with Crippen molar-refractivity contribution < 1.29 is 9.90 Å². The van der Waals surface area contributed by atoms with E-state index in [1.165, 1.54) is 5.56 Å². The zero-order chi connectivity index (χ0) is 11.8. The molecule has 0 amide bonds. The third kappa shape index (κ3) is 1.62. The van der Waals surface area contributed by atoms with Crippen molar-refractivity contribution in [1.29, 1.82) is 0 Å². The molecule has 0 unspecified atom stereocenters. The van der Waals surface area contributed by atoms with Crippen molar-refractivity contribution in [2.24, 2.45) is 0 Å². The number of carboxylic acid groups (broad SMARTS) is 1. The second kappa shape index (κ2) is 3.73. The fourth-order valence-electron chi connectivity index (χ4n) is 2.42. The molecule has 4 heteroatoms. The van der Waals surface area contributed by atoms with E-state index in [0.29, 0.717) is 0 Å². The average molecular weight is 228 g/mol. The van der Waals surface area contributed by atoms with Crippen molar-refractivity contribution in [2.45, 2.75) is 18.9 Å². The number of hydrogen-bond acceptors (Lipinski definition) is 2. The van der Waals surface area contributed by atoms with Crippen LogP contribution in [0.15, 0.2) is 36.4 Å². The van der Waals surface area contributed by atoms with Crippen LogP contribution in [0.3, 0.4) is 0 Å². The first-order valence-corrected chi connectivity index (χ1v) is 5.61. The van der Waals surface area contributed by atoms with Crippen LogP contribution in [0.1, 0.15) is 34.1 Å². The average Bonchev–Trinajstić information content (AvgIpc) is 2.89. The van der Waals surface area contributed by atoms with Crippen LogP contribution in [0, 0.1) is 0 Å². The number of aromatic carboxylic acids is 1. The van der Waals surface area contributed by atoms with Crippen molar-refractivity contribution in [3.63, 3.8) is 0 Å². The second-order valence-electron chi connectivity index (χ2n) is 4.23. The summed E-state index contributed by atoms with van der Waals surface area (Å²) in [5.41, 5.74) is 2.37. The number of fused-ring (bicyclic) bond motifs is 1. The molecule has 1 aromatic carbocycles. The van der Waals surface area contributed by atoms with E-state index >= 15 is 0 Å². The van der Waals surface area contributed by atoms with Gasteiger partial charge in [0.15, 0.2) is 5.69 Å². The molecule has 2 heterocycles. The fraction of sp³-hybridized carbons (Fsp3) is 0.231. The van der Waals surface area contributed by atoms with Gasteiger partial charge in [0.25, 0.3) is 0 Å². The van der Waals surface area contributed by atoms with Gasteiger partial charge in [0, 0.05) is 18.2 Å². The summed E-state index contributed by atoms with van der Waals surface area (Å²) in [5, 5.41) is 13.0. The highest BCUT2D eigenvalue weighted by Gasteiger charge is 2.27. The predicted octanol–water partition coefficient (Wildman–Crippen LogP) is 2.12. The number of carbonyl (C=O) groups is 1. The van der Waals surface area contributed by atoms with Crippen molar-refractivity contribution in [3.8, 4) is 0 Å². The van der Waals surface area contributed by atoms with Crippen LogP contribution < -0.4 is 0 Å². The van der Waals surface area contributed by atoms with Gasteiger partial charge in [-0.3, -0.25) is 4.68 Å². The molecule has 2 aromatic rings. The summed E-state index contributed by atoms with van der Waals surface area (Å²) in [7, 11) is 0. The molecule has 0 radical (unpaired) electrons. The maximum absolute atomic E-state index is 10.9. The van der Waals surface area contributed by atoms with E-state index in [1.807, 2.05) is 18.2 Å². The van der Waals surface area contributed by atoms with Crippen LogP contribution in [0.5, 0.6) is 0 Å². The van der Waals surface area contributed by atoms with Crippen molar-refractivity contribution in [1.82, 2.24) is 9.78 Å². The Labute approximate surface area is 98.5 Å². The first-order chi connectivity index (χ1) is 8.25. The summed E-state index contributed by atoms with van der Waals surface area (Å²) in [6.07, 6.45) is 0.992. The molecular weight excluding hydrogens is 216 g/mol. The second-order valence-corrected chi connectivity index (χ2v) is 4.23. The topological polar surface area (TPSA) is 55.1 Å². The highest BCUT2D eigenvalue weighted by Crippen LogP contribution is 2.34. The minimum atomic E-state index is -0.960. The highest BCUT2D eigenvalue weighted by atomic mass is 16.4. The molecule has 0 aliphatic carbocycles. The first-order valence-electron chi connectivity index (χ1n) is 5.61. The summed E-state index contributed by atoms with van der Waals surface area (Å²) >= 11 is 0. The van der Waals surface area contributed by atoms with E-state index in [4.69, 9.17) is 5.11 Å². The zero-order valence-corrected chi connectivity index (χ0v) is 9.21. The molecule has 3 rings (SSSR count). The number of benzene rings is 1. The van der Waals surface area contributed by atoms with Crippen molar-refractivity contribution >= 4 is 5.97 Å². The molecule has 1 aromatic heterocycles. The first kappa shape index (κ1) is 10.1. The minimum absolute atomic E-state index is 0.139. The fourth-order valence-corrected chi connectivity index (χ4v) is 2.42. The largest absolute Gasteiger partial charge is 0.476 e. The molecule has 4 nitrogen and oxygen atoms in total. The lowest BCUT2D eigenvalue weighted by molar-refractivity contribution is 0.0689. The molecule has 0 saturated heterocycles. The quantitative estimate of drug-likeness (QED) is 0.856. The summed E-state index contributed by atoms with van der Waals surface area (Å²) in [5.74, 6) is -0.685.